The summed E-state index contributed by atoms with van der Waals surface area (Å²) in [6, 6.07) is 7.02. The van der Waals surface area contributed by atoms with Crippen LogP contribution in [0.1, 0.15) is 19.8 Å². The Kier molecular flexibility index (Phi) is 3.71. The molecule has 2 aliphatic rings. The molecule has 23 heavy (non-hydrogen) atoms. The zero-order chi connectivity index (χ0) is 16.6. The van der Waals surface area contributed by atoms with Gasteiger partial charge in [0.15, 0.2) is 6.10 Å². The summed E-state index contributed by atoms with van der Waals surface area (Å²) in [6.07, 6.45) is -0.584. The van der Waals surface area contributed by atoms with E-state index in [9.17, 15) is 19.5 Å². The number of nitrogens with zero attached hydrogens (tertiary/aromatic N) is 1. The van der Waals surface area contributed by atoms with E-state index in [0.717, 1.165) is 0 Å². The molecule has 2 amide bonds. The van der Waals surface area contributed by atoms with Crippen LogP contribution in [0.2, 0.25) is 0 Å². The summed E-state index contributed by atoms with van der Waals surface area (Å²) in [5, 5.41) is 11.9. The monoisotopic (exact) mass is 318 g/mol. The fourth-order valence-electron chi connectivity index (χ4n) is 2.86. The molecule has 0 bridgehead atoms. The molecule has 0 aliphatic carbocycles. The SMILES string of the molecule is CC1(C(=O)O)CCN(C(=O)CC2Oc3ccccc3NC2=O)C1. The fraction of sp³-hybridized carbons (Fsp3) is 0.438. The van der Waals surface area contributed by atoms with Crippen LogP contribution in [0.3, 0.4) is 0 Å². The highest BCUT2D eigenvalue weighted by atomic mass is 16.5. The number of aliphatic carboxylic acids is 1. The van der Waals surface area contributed by atoms with E-state index in [-0.39, 0.29) is 24.8 Å². The van der Waals surface area contributed by atoms with Gasteiger partial charge in [0.25, 0.3) is 5.91 Å². The van der Waals surface area contributed by atoms with Crippen LogP contribution in [0.15, 0.2) is 24.3 Å². The maximum Gasteiger partial charge on any atom is 0.311 e. The normalized spacial score (nSPS) is 26.2. The first-order valence-electron chi connectivity index (χ1n) is 7.47. The molecule has 2 N–H and O–H groups in total. The number of amides is 2. The van der Waals surface area contributed by atoms with Gasteiger partial charge < -0.3 is 20.1 Å². The lowest BCUT2D eigenvalue weighted by Crippen LogP contribution is -2.42. The van der Waals surface area contributed by atoms with Crippen LogP contribution in [0.25, 0.3) is 0 Å². The molecule has 7 heteroatoms. The number of carboxylic acids is 1. The minimum Gasteiger partial charge on any atom is -0.481 e. The van der Waals surface area contributed by atoms with Crippen LogP contribution in [-0.2, 0) is 14.4 Å². The molecule has 3 rings (SSSR count). The summed E-state index contributed by atoms with van der Waals surface area (Å²) >= 11 is 0. The second-order valence-electron chi connectivity index (χ2n) is 6.23. The Morgan fingerprint density at radius 2 is 2.17 bits per heavy atom. The molecule has 2 unspecified atom stereocenters. The van der Waals surface area contributed by atoms with Crippen molar-refractivity contribution in [2.45, 2.75) is 25.9 Å². The average molecular weight is 318 g/mol. The molecule has 0 spiro atoms. The second-order valence-corrected chi connectivity index (χ2v) is 6.23. The van der Waals surface area contributed by atoms with E-state index in [0.29, 0.717) is 24.4 Å². The number of benzene rings is 1. The molecular formula is C16H18N2O5. The van der Waals surface area contributed by atoms with E-state index >= 15 is 0 Å². The van der Waals surface area contributed by atoms with Crippen molar-refractivity contribution in [3.05, 3.63) is 24.3 Å². The summed E-state index contributed by atoms with van der Waals surface area (Å²) in [5.41, 5.74) is -0.335. The molecule has 1 aromatic carbocycles. The van der Waals surface area contributed by atoms with Gasteiger partial charge in [-0.2, -0.15) is 0 Å². The predicted molar refractivity (Wildman–Crippen MR) is 81.0 cm³/mol. The van der Waals surface area contributed by atoms with Gasteiger partial charge in [-0.15, -0.1) is 0 Å². The molecule has 1 saturated heterocycles. The van der Waals surface area contributed by atoms with Gasteiger partial charge >= 0.3 is 5.97 Å². The molecule has 2 aliphatic heterocycles. The lowest BCUT2D eigenvalue weighted by molar-refractivity contribution is -0.147. The highest BCUT2D eigenvalue weighted by Gasteiger charge is 2.43. The number of likely N-dealkylation sites (tertiary alicyclic amines) is 1. The fourth-order valence-corrected chi connectivity index (χ4v) is 2.86. The summed E-state index contributed by atoms with van der Waals surface area (Å²) in [5.74, 6) is -1.01. The smallest absolute Gasteiger partial charge is 0.311 e. The highest BCUT2D eigenvalue weighted by Crippen LogP contribution is 2.32. The number of carbonyl (C=O) groups is 3. The van der Waals surface area contributed by atoms with E-state index in [2.05, 4.69) is 5.32 Å². The van der Waals surface area contributed by atoms with Crippen molar-refractivity contribution in [1.29, 1.82) is 0 Å². The Bertz CT molecular complexity index is 674. The van der Waals surface area contributed by atoms with Gasteiger partial charge in [0.2, 0.25) is 5.91 Å². The lowest BCUT2D eigenvalue weighted by Gasteiger charge is -2.27. The third-order valence-corrected chi connectivity index (χ3v) is 4.41. The molecule has 122 valence electrons. The Morgan fingerprint density at radius 3 is 2.87 bits per heavy atom. The first-order valence-corrected chi connectivity index (χ1v) is 7.47. The molecule has 2 atom stereocenters. The average Bonchev–Trinajstić information content (AvgIpc) is 2.92. The maximum absolute atomic E-state index is 12.4. The number of hydrogen-bond acceptors (Lipinski definition) is 4. The minimum absolute atomic E-state index is 0.101. The third-order valence-electron chi connectivity index (χ3n) is 4.41. The van der Waals surface area contributed by atoms with Crippen molar-refractivity contribution in [3.63, 3.8) is 0 Å². The zero-order valence-electron chi connectivity index (χ0n) is 12.7. The summed E-state index contributed by atoms with van der Waals surface area (Å²) in [6.45, 7) is 2.17. The van der Waals surface area contributed by atoms with Gasteiger partial charge in [0.05, 0.1) is 17.5 Å². The number of para-hydroxylation sites is 2. The first kappa shape index (κ1) is 15.3. The zero-order valence-corrected chi connectivity index (χ0v) is 12.7. The third kappa shape index (κ3) is 2.86. The van der Waals surface area contributed by atoms with Crippen LogP contribution in [0, 0.1) is 5.41 Å². The van der Waals surface area contributed by atoms with Crippen molar-refractivity contribution < 1.29 is 24.2 Å². The number of hydrogen-bond donors (Lipinski definition) is 2. The second kappa shape index (κ2) is 5.57. The van der Waals surface area contributed by atoms with Gasteiger partial charge in [0.1, 0.15) is 5.75 Å². The van der Waals surface area contributed by atoms with Crippen molar-refractivity contribution >= 4 is 23.5 Å². The van der Waals surface area contributed by atoms with E-state index in [1.807, 2.05) is 0 Å². The summed E-state index contributed by atoms with van der Waals surface area (Å²) < 4.78 is 5.60. The van der Waals surface area contributed by atoms with Crippen LogP contribution < -0.4 is 10.1 Å². The largest absolute Gasteiger partial charge is 0.481 e. The van der Waals surface area contributed by atoms with Crippen LogP contribution in [0.4, 0.5) is 5.69 Å². The quantitative estimate of drug-likeness (QED) is 0.870. The van der Waals surface area contributed by atoms with Crippen LogP contribution in [0.5, 0.6) is 5.75 Å². The number of carbonyl (C=O) groups excluding carboxylic acids is 2. The first-order chi connectivity index (χ1) is 10.9. The van der Waals surface area contributed by atoms with Gasteiger partial charge in [-0.3, -0.25) is 14.4 Å². The predicted octanol–water partition coefficient (Wildman–Crippen LogP) is 1.10. The van der Waals surface area contributed by atoms with Gasteiger partial charge in [-0.05, 0) is 25.5 Å². The Morgan fingerprint density at radius 1 is 1.43 bits per heavy atom. The standard InChI is InChI=1S/C16H18N2O5/c1-16(15(21)22)6-7-18(9-16)13(19)8-12-14(20)17-10-4-2-3-5-11(10)23-12/h2-5,12H,6-9H2,1H3,(H,17,20)(H,21,22). The number of anilines is 1. The van der Waals surface area contributed by atoms with Crippen LogP contribution in [-0.4, -0.2) is 47.0 Å². The number of fused-ring (bicyclic) bond motifs is 1. The molecule has 7 nitrogen and oxygen atoms in total. The maximum atomic E-state index is 12.4. The highest BCUT2D eigenvalue weighted by molar-refractivity contribution is 6.00. The van der Waals surface area contributed by atoms with Crippen LogP contribution >= 0.6 is 0 Å². The summed E-state index contributed by atoms with van der Waals surface area (Å²) in [7, 11) is 0. The van der Waals surface area contributed by atoms with Crippen molar-refractivity contribution in [2.75, 3.05) is 18.4 Å². The van der Waals surface area contributed by atoms with E-state index < -0.39 is 17.5 Å². The molecule has 2 heterocycles. The molecular weight excluding hydrogens is 300 g/mol. The Hall–Kier alpha value is -2.57. The molecule has 1 fully saturated rings. The van der Waals surface area contributed by atoms with Gasteiger partial charge in [0, 0.05) is 13.1 Å². The van der Waals surface area contributed by atoms with Crippen molar-refractivity contribution in [1.82, 2.24) is 4.90 Å². The molecule has 0 aromatic heterocycles. The van der Waals surface area contributed by atoms with E-state index in [4.69, 9.17) is 4.74 Å². The Labute approximate surface area is 133 Å². The number of rotatable bonds is 3. The lowest BCUT2D eigenvalue weighted by atomic mass is 9.90. The molecule has 1 aromatic rings. The molecule has 0 saturated carbocycles. The van der Waals surface area contributed by atoms with Crippen molar-refractivity contribution in [2.24, 2.45) is 5.41 Å². The van der Waals surface area contributed by atoms with E-state index in [1.165, 1.54) is 4.90 Å². The minimum atomic E-state index is -0.919. The number of ether oxygens (including phenoxy) is 1. The van der Waals surface area contributed by atoms with Gasteiger partial charge in [-0.1, -0.05) is 12.1 Å². The number of nitrogens with one attached hydrogen (secondary N) is 1. The van der Waals surface area contributed by atoms with Crippen molar-refractivity contribution in [3.8, 4) is 5.75 Å². The van der Waals surface area contributed by atoms with Gasteiger partial charge in [-0.25, -0.2) is 0 Å². The summed E-state index contributed by atoms with van der Waals surface area (Å²) in [4.78, 5) is 37.1. The topological polar surface area (TPSA) is 95.9 Å². The Balaban J connectivity index is 1.65. The number of carboxylic acid groups (broad SMARTS) is 1. The molecule has 0 radical (unpaired) electrons. The van der Waals surface area contributed by atoms with E-state index in [1.54, 1.807) is 31.2 Å².